The molecule has 0 aromatic carbocycles. The van der Waals surface area contributed by atoms with E-state index in [1.807, 2.05) is 32.1 Å². The van der Waals surface area contributed by atoms with Gasteiger partial charge in [-0.1, -0.05) is 63.3 Å². The maximum absolute atomic E-state index is 8.50. The molecule has 0 aliphatic carbocycles. The molecule has 0 aliphatic heterocycles. The quantitative estimate of drug-likeness (QED) is 0.0407. The van der Waals surface area contributed by atoms with Crippen LogP contribution in [0.15, 0.2) is 92.8 Å². The first-order chi connectivity index (χ1) is 16.9. The molecule has 0 bridgehead atoms. The summed E-state index contributed by atoms with van der Waals surface area (Å²) in [6.45, 7) is 24.6. The van der Waals surface area contributed by atoms with E-state index in [0.717, 1.165) is 19.3 Å². The zero-order valence-corrected chi connectivity index (χ0v) is 23.3. The third-order valence-corrected chi connectivity index (χ3v) is 5.14. The molecule has 0 rings (SSSR count). The number of nitrogens with zero attached hydrogens (tertiary/aromatic N) is 1. The lowest BCUT2D eigenvalue weighted by atomic mass is 9.90. The van der Waals surface area contributed by atoms with Gasteiger partial charge in [0.1, 0.15) is 0 Å². The summed E-state index contributed by atoms with van der Waals surface area (Å²) in [5.74, 6) is 6.37. The molecule has 0 saturated carbocycles. The molecule has 36 heavy (non-hydrogen) atoms. The number of allylic oxidation sites excluding steroid dienone is 4. The highest BCUT2D eigenvalue weighted by atomic mass is 16.5. The van der Waals surface area contributed by atoms with Gasteiger partial charge in [-0.15, -0.1) is 32.9 Å². The lowest BCUT2D eigenvalue weighted by Crippen LogP contribution is -2.48. The molecule has 0 saturated heterocycles. The van der Waals surface area contributed by atoms with Crippen LogP contribution in [0.2, 0.25) is 0 Å². The van der Waals surface area contributed by atoms with E-state index in [9.17, 15) is 0 Å². The number of hydrogen-bond acceptors (Lipinski definition) is 7. The minimum absolute atomic E-state index is 0. The van der Waals surface area contributed by atoms with Crippen LogP contribution in [0.5, 0.6) is 0 Å². The van der Waals surface area contributed by atoms with Gasteiger partial charge in [-0.3, -0.25) is 10.8 Å². The van der Waals surface area contributed by atoms with Crippen molar-refractivity contribution in [3.8, 4) is 0 Å². The van der Waals surface area contributed by atoms with Crippen molar-refractivity contribution in [3.63, 3.8) is 0 Å². The molecular weight excluding hydrogens is 450 g/mol. The van der Waals surface area contributed by atoms with Gasteiger partial charge in [0.25, 0.3) is 0 Å². The van der Waals surface area contributed by atoms with E-state index in [0.29, 0.717) is 5.92 Å². The average molecular weight is 506 g/mol. The number of aliphatic imine (C=N–C) groups is 1. The van der Waals surface area contributed by atoms with E-state index in [1.165, 1.54) is 6.21 Å². The van der Waals surface area contributed by atoms with Crippen LogP contribution < -0.4 is 23.2 Å². The number of hydrogen-bond donors (Lipinski definition) is 5. The van der Waals surface area contributed by atoms with Gasteiger partial charge in [-0.2, -0.15) is 0 Å². The van der Waals surface area contributed by atoms with Crippen LogP contribution in [0.4, 0.5) is 0 Å². The van der Waals surface area contributed by atoms with E-state index in [-0.39, 0.29) is 42.7 Å². The Kier molecular flexibility index (Phi) is 34.4. The van der Waals surface area contributed by atoms with Gasteiger partial charge in [0.15, 0.2) is 0 Å². The molecule has 3 unspecified atom stereocenters. The molecule has 0 heterocycles. The molecule has 208 valence electrons. The number of aliphatic hydroxyl groups is 1. The summed E-state index contributed by atoms with van der Waals surface area (Å²) in [6.07, 6.45) is 21.3. The summed E-state index contributed by atoms with van der Waals surface area (Å²) in [7, 11) is 1.62. The molecular formula is C29H55N5O2. The van der Waals surface area contributed by atoms with E-state index >= 15 is 0 Å². The highest BCUT2D eigenvalue weighted by Crippen LogP contribution is 2.19. The maximum Gasteiger partial charge on any atom is 0.0788 e. The summed E-state index contributed by atoms with van der Waals surface area (Å²) in [6, 6.07) is -0.0628. The van der Waals surface area contributed by atoms with Gasteiger partial charge in [0.2, 0.25) is 0 Å². The Morgan fingerprint density at radius 2 is 1.64 bits per heavy atom. The van der Waals surface area contributed by atoms with Crippen molar-refractivity contribution in [2.24, 2.45) is 40.2 Å². The Bertz CT molecular complexity index is 623. The lowest BCUT2D eigenvalue weighted by Gasteiger charge is -2.24. The predicted octanol–water partition coefficient (Wildman–Crippen LogP) is 5.64. The largest absolute Gasteiger partial charge is 0.505 e. The van der Waals surface area contributed by atoms with Crippen LogP contribution in [0.1, 0.15) is 40.0 Å². The molecule has 7 heteroatoms. The SMILES string of the molecule is C=CC(C=C)[C@@H](C=C)N=CCO.C=CCC(C=C)CC/C=C/[C@H](C)C(/C=C/OC)C(N)NN.CC.N. The van der Waals surface area contributed by atoms with Gasteiger partial charge >= 0.3 is 0 Å². The highest BCUT2D eigenvalue weighted by molar-refractivity contribution is 5.58. The summed E-state index contributed by atoms with van der Waals surface area (Å²) in [4.78, 5) is 4.07. The van der Waals surface area contributed by atoms with Gasteiger partial charge < -0.3 is 21.7 Å². The Labute approximate surface area is 221 Å². The number of aliphatic hydroxyl groups excluding tert-OH is 1. The highest BCUT2D eigenvalue weighted by Gasteiger charge is 2.19. The Balaban J connectivity index is -0.000000291. The average Bonchev–Trinajstić information content (AvgIpc) is 2.89. The van der Waals surface area contributed by atoms with E-state index in [2.05, 4.69) is 62.4 Å². The number of nitrogens with one attached hydrogen (secondary N) is 1. The van der Waals surface area contributed by atoms with Crippen LogP contribution in [0, 0.1) is 23.7 Å². The first kappa shape index (κ1) is 40.6. The molecule has 0 aromatic heterocycles. The van der Waals surface area contributed by atoms with Crippen molar-refractivity contribution in [2.45, 2.75) is 52.2 Å². The summed E-state index contributed by atoms with van der Waals surface area (Å²) in [5.41, 5.74) is 8.57. The summed E-state index contributed by atoms with van der Waals surface area (Å²) >= 11 is 0. The molecule has 0 radical (unpaired) electrons. The number of hydrazine groups is 1. The van der Waals surface area contributed by atoms with E-state index in [1.54, 1.807) is 31.6 Å². The second kappa shape index (κ2) is 30.5. The van der Waals surface area contributed by atoms with Gasteiger partial charge in [0.05, 0.1) is 32.2 Å². The number of methoxy groups -OCH3 is 1. The smallest absolute Gasteiger partial charge is 0.0788 e. The summed E-state index contributed by atoms with van der Waals surface area (Å²) in [5, 5.41) is 8.50. The first-order valence-electron chi connectivity index (χ1n) is 12.2. The Morgan fingerprint density at radius 1 is 1.03 bits per heavy atom. The standard InChI is InChI=1S/C17H31N3O.C10H15NO.C2H6.H3N/c1-5-9-15(6-2)11-8-7-10-14(3)16(12-13-21-4)17(18)20-19;1-4-9(5-2)10(6-3)11-7-8-12;1-2;/h5-7,10,12-17,20H,1-2,8-9,11,18-19H2,3-4H3;4-7,9-10,12H,1-3,8H2;1-2H3;1H3/b10-7+,13-12+;;;/t14-,15?,16?,17?;10-;;/m01../s1. The van der Waals surface area contributed by atoms with Crippen LogP contribution in [-0.4, -0.2) is 37.2 Å². The predicted molar refractivity (Wildman–Crippen MR) is 161 cm³/mol. The molecule has 0 fully saturated rings. The molecule has 0 aromatic rings. The minimum Gasteiger partial charge on any atom is -0.505 e. The van der Waals surface area contributed by atoms with Gasteiger partial charge in [-0.05, 0) is 37.2 Å². The van der Waals surface area contributed by atoms with Crippen molar-refractivity contribution in [3.05, 3.63) is 87.8 Å². The fourth-order valence-corrected chi connectivity index (χ4v) is 3.06. The normalized spacial score (nSPS) is 14.8. The molecule has 0 spiro atoms. The maximum atomic E-state index is 8.50. The Morgan fingerprint density at radius 3 is 2.06 bits per heavy atom. The van der Waals surface area contributed by atoms with Crippen LogP contribution in [0.25, 0.3) is 0 Å². The van der Waals surface area contributed by atoms with Crippen molar-refractivity contribution in [2.75, 3.05) is 13.7 Å². The molecule has 0 aliphatic rings. The van der Waals surface area contributed by atoms with Crippen molar-refractivity contribution < 1.29 is 9.84 Å². The van der Waals surface area contributed by atoms with Crippen molar-refractivity contribution in [1.82, 2.24) is 11.6 Å². The summed E-state index contributed by atoms with van der Waals surface area (Å²) < 4.78 is 4.97. The fraction of sp³-hybridized carbons (Fsp3) is 0.483. The monoisotopic (exact) mass is 505 g/mol. The second-order valence-electron chi connectivity index (χ2n) is 7.51. The van der Waals surface area contributed by atoms with Gasteiger partial charge in [0, 0.05) is 18.1 Å². The molecule has 7 nitrogen and oxygen atoms in total. The topological polar surface area (TPSA) is 141 Å². The van der Waals surface area contributed by atoms with Crippen LogP contribution >= 0.6 is 0 Å². The van der Waals surface area contributed by atoms with Crippen LogP contribution in [-0.2, 0) is 4.74 Å². The van der Waals surface area contributed by atoms with Crippen LogP contribution in [0.3, 0.4) is 0 Å². The third kappa shape index (κ3) is 20.8. The molecule has 5 atom stereocenters. The van der Waals surface area contributed by atoms with Crippen molar-refractivity contribution in [1.29, 1.82) is 0 Å². The molecule has 0 amide bonds. The minimum atomic E-state index is -0.308. The molecule has 9 N–H and O–H groups in total. The number of nitrogens with two attached hydrogens (primary N) is 2. The second-order valence-corrected chi connectivity index (χ2v) is 7.51. The third-order valence-electron chi connectivity index (χ3n) is 5.14. The number of rotatable bonds is 18. The fourth-order valence-electron chi connectivity index (χ4n) is 3.06. The zero-order chi connectivity index (χ0) is 27.5. The lowest BCUT2D eigenvalue weighted by molar-refractivity contribution is 0.316. The van der Waals surface area contributed by atoms with E-state index < -0.39 is 0 Å². The Hall–Kier alpha value is -2.55. The van der Waals surface area contributed by atoms with Crippen molar-refractivity contribution >= 4 is 6.21 Å². The van der Waals surface area contributed by atoms with Gasteiger partial charge in [-0.25, -0.2) is 5.43 Å². The first-order valence-corrected chi connectivity index (χ1v) is 12.2. The number of ether oxygens (including phenoxy) is 1. The van der Waals surface area contributed by atoms with E-state index in [4.69, 9.17) is 21.4 Å². The zero-order valence-electron chi connectivity index (χ0n) is 23.3.